The molecule has 4 rings (SSSR count). The van der Waals surface area contributed by atoms with Gasteiger partial charge in [-0.1, -0.05) is 0 Å². The lowest BCUT2D eigenvalue weighted by Crippen LogP contribution is -2.31. The molecule has 2 N–H and O–H groups in total. The van der Waals surface area contributed by atoms with Crippen molar-refractivity contribution in [1.29, 1.82) is 0 Å². The second kappa shape index (κ2) is 9.30. The van der Waals surface area contributed by atoms with Crippen LogP contribution in [0, 0.1) is 0 Å². The van der Waals surface area contributed by atoms with E-state index in [9.17, 15) is 4.79 Å². The Morgan fingerprint density at radius 3 is 2.77 bits per heavy atom. The molecule has 2 amide bonds. The minimum absolute atomic E-state index is 0.262. The van der Waals surface area contributed by atoms with Gasteiger partial charge < -0.3 is 24.7 Å². The molecule has 0 atom stereocenters. The molecule has 1 aliphatic rings. The van der Waals surface area contributed by atoms with Gasteiger partial charge in [0.25, 0.3) is 0 Å². The second-order valence-corrected chi connectivity index (χ2v) is 7.07. The van der Waals surface area contributed by atoms with Crippen LogP contribution < -0.4 is 20.3 Å². The van der Waals surface area contributed by atoms with Crippen LogP contribution in [-0.4, -0.2) is 42.7 Å². The number of hydrogen-bond acceptors (Lipinski definition) is 6. The van der Waals surface area contributed by atoms with Gasteiger partial charge in [0.05, 0.1) is 18.5 Å². The van der Waals surface area contributed by atoms with Crippen LogP contribution >= 0.6 is 0 Å². The molecule has 1 fully saturated rings. The molecule has 8 nitrogen and oxygen atoms in total. The molecule has 0 bridgehead atoms. The maximum Gasteiger partial charge on any atom is 0.319 e. The van der Waals surface area contributed by atoms with Crippen molar-refractivity contribution in [3.63, 3.8) is 0 Å². The highest BCUT2D eigenvalue weighted by Crippen LogP contribution is 2.26. The summed E-state index contributed by atoms with van der Waals surface area (Å²) in [6, 6.07) is 10.9. The number of aromatic nitrogens is 2. The first-order chi connectivity index (χ1) is 14.7. The SMILES string of the molecule is COc1ccc(-c2nc(CCNC(=O)Nc3cccnc3N3CCCC3)co2)cc1. The van der Waals surface area contributed by atoms with Crippen LogP contribution in [-0.2, 0) is 6.42 Å². The van der Waals surface area contributed by atoms with E-state index in [0.29, 0.717) is 18.9 Å². The van der Waals surface area contributed by atoms with E-state index in [1.54, 1.807) is 19.6 Å². The number of anilines is 2. The molecule has 0 saturated carbocycles. The summed E-state index contributed by atoms with van der Waals surface area (Å²) in [6.45, 7) is 2.38. The first-order valence-corrected chi connectivity index (χ1v) is 10.1. The van der Waals surface area contributed by atoms with Gasteiger partial charge >= 0.3 is 6.03 Å². The lowest BCUT2D eigenvalue weighted by molar-refractivity contribution is 0.252. The number of ether oxygens (including phenoxy) is 1. The van der Waals surface area contributed by atoms with Crippen molar-refractivity contribution < 1.29 is 13.9 Å². The van der Waals surface area contributed by atoms with E-state index in [0.717, 1.165) is 54.4 Å². The Labute approximate surface area is 175 Å². The van der Waals surface area contributed by atoms with Gasteiger partial charge in [-0.25, -0.2) is 14.8 Å². The van der Waals surface area contributed by atoms with Crippen LogP contribution in [0.25, 0.3) is 11.5 Å². The quantitative estimate of drug-likeness (QED) is 0.620. The Hall–Kier alpha value is -3.55. The number of amides is 2. The maximum absolute atomic E-state index is 12.3. The molecule has 30 heavy (non-hydrogen) atoms. The van der Waals surface area contributed by atoms with Crippen LogP contribution in [0.4, 0.5) is 16.3 Å². The van der Waals surface area contributed by atoms with Crippen molar-refractivity contribution in [1.82, 2.24) is 15.3 Å². The molecule has 156 valence electrons. The average molecular weight is 407 g/mol. The Kier molecular flexibility index (Phi) is 6.12. The monoisotopic (exact) mass is 407 g/mol. The van der Waals surface area contributed by atoms with Crippen LogP contribution in [0.1, 0.15) is 18.5 Å². The third-order valence-electron chi connectivity index (χ3n) is 5.00. The van der Waals surface area contributed by atoms with E-state index < -0.39 is 0 Å². The molecule has 8 heteroatoms. The number of pyridine rings is 1. The predicted molar refractivity (Wildman–Crippen MR) is 115 cm³/mol. The van der Waals surface area contributed by atoms with Gasteiger partial charge in [-0.3, -0.25) is 0 Å². The van der Waals surface area contributed by atoms with Gasteiger partial charge in [0.2, 0.25) is 5.89 Å². The van der Waals surface area contributed by atoms with E-state index in [1.807, 2.05) is 36.4 Å². The van der Waals surface area contributed by atoms with Crippen molar-refractivity contribution in [2.45, 2.75) is 19.3 Å². The molecule has 1 aliphatic heterocycles. The average Bonchev–Trinajstić information content (AvgIpc) is 3.47. The van der Waals surface area contributed by atoms with E-state index in [4.69, 9.17) is 9.15 Å². The second-order valence-electron chi connectivity index (χ2n) is 7.07. The summed E-state index contributed by atoms with van der Waals surface area (Å²) < 4.78 is 10.7. The fourth-order valence-electron chi connectivity index (χ4n) is 3.43. The van der Waals surface area contributed by atoms with E-state index in [1.165, 1.54) is 0 Å². The highest BCUT2D eigenvalue weighted by atomic mass is 16.5. The number of methoxy groups -OCH3 is 1. The van der Waals surface area contributed by atoms with Gasteiger partial charge in [0.1, 0.15) is 12.0 Å². The van der Waals surface area contributed by atoms with Gasteiger partial charge in [-0.15, -0.1) is 0 Å². The molecule has 3 aromatic rings. The van der Waals surface area contributed by atoms with Gasteiger partial charge in [0, 0.05) is 37.8 Å². The smallest absolute Gasteiger partial charge is 0.319 e. The number of carbonyl (C=O) groups excluding carboxylic acids is 1. The number of rotatable bonds is 7. The highest BCUT2D eigenvalue weighted by molar-refractivity contribution is 5.92. The van der Waals surface area contributed by atoms with Crippen molar-refractivity contribution in [2.24, 2.45) is 0 Å². The van der Waals surface area contributed by atoms with Crippen molar-refractivity contribution in [2.75, 3.05) is 37.0 Å². The van der Waals surface area contributed by atoms with Crippen molar-refractivity contribution >= 4 is 17.5 Å². The summed E-state index contributed by atoms with van der Waals surface area (Å²) >= 11 is 0. The number of hydrogen-bond donors (Lipinski definition) is 2. The summed E-state index contributed by atoms with van der Waals surface area (Å²) in [5.41, 5.74) is 2.37. The molecular weight excluding hydrogens is 382 g/mol. The van der Waals surface area contributed by atoms with Crippen LogP contribution in [0.15, 0.2) is 53.3 Å². The summed E-state index contributed by atoms with van der Waals surface area (Å²) in [4.78, 5) is 23.5. The zero-order valence-corrected chi connectivity index (χ0v) is 16.9. The first kappa shape index (κ1) is 19.8. The lowest BCUT2D eigenvalue weighted by Gasteiger charge is -2.20. The van der Waals surface area contributed by atoms with Gasteiger partial charge in [-0.05, 0) is 49.2 Å². The molecule has 3 heterocycles. The van der Waals surface area contributed by atoms with Crippen LogP contribution in [0.5, 0.6) is 5.75 Å². The first-order valence-electron chi connectivity index (χ1n) is 10.1. The van der Waals surface area contributed by atoms with Crippen LogP contribution in [0.3, 0.4) is 0 Å². The Balaban J connectivity index is 1.29. The number of carbonyl (C=O) groups is 1. The van der Waals surface area contributed by atoms with Crippen molar-refractivity contribution in [3.8, 4) is 17.2 Å². The largest absolute Gasteiger partial charge is 0.497 e. The number of benzene rings is 1. The Morgan fingerprint density at radius 2 is 2.00 bits per heavy atom. The summed E-state index contributed by atoms with van der Waals surface area (Å²) in [7, 11) is 1.63. The molecule has 0 aliphatic carbocycles. The van der Waals surface area contributed by atoms with Gasteiger partial charge in [0.15, 0.2) is 5.82 Å². The third-order valence-corrected chi connectivity index (χ3v) is 5.00. The molecule has 0 unspecified atom stereocenters. The van der Waals surface area contributed by atoms with E-state index in [2.05, 4.69) is 25.5 Å². The normalized spacial score (nSPS) is 13.3. The third kappa shape index (κ3) is 4.71. The fourth-order valence-corrected chi connectivity index (χ4v) is 3.43. The zero-order chi connectivity index (χ0) is 20.8. The predicted octanol–water partition coefficient (Wildman–Crippen LogP) is 3.71. The Morgan fingerprint density at radius 1 is 1.20 bits per heavy atom. The minimum atomic E-state index is -0.262. The number of urea groups is 1. The summed E-state index contributed by atoms with van der Waals surface area (Å²) in [6.07, 6.45) is 6.24. The molecule has 0 spiro atoms. The zero-order valence-electron chi connectivity index (χ0n) is 16.9. The molecule has 2 aromatic heterocycles. The topological polar surface area (TPSA) is 92.5 Å². The fraction of sp³-hybridized carbons (Fsp3) is 0.318. The Bertz CT molecular complexity index is 980. The standard InChI is InChI=1S/C22H25N5O3/c1-29-18-8-6-16(7-9-18)21-25-17(15-30-21)10-12-24-22(28)26-19-5-4-11-23-20(19)27-13-2-3-14-27/h4-9,11,15H,2-3,10,12-14H2,1H3,(H2,24,26,28). The number of nitrogens with one attached hydrogen (secondary N) is 2. The molecule has 1 saturated heterocycles. The van der Waals surface area contributed by atoms with E-state index in [-0.39, 0.29) is 6.03 Å². The van der Waals surface area contributed by atoms with E-state index >= 15 is 0 Å². The molecular formula is C22H25N5O3. The highest BCUT2D eigenvalue weighted by Gasteiger charge is 2.17. The van der Waals surface area contributed by atoms with Crippen molar-refractivity contribution in [3.05, 3.63) is 54.6 Å². The van der Waals surface area contributed by atoms with Gasteiger partial charge in [-0.2, -0.15) is 0 Å². The number of nitrogens with zero attached hydrogens (tertiary/aromatic N) is 3. The minimum Gasteiger partial charge on any atom is -0.497 e. The maximum atomic E-state index is 12.3. The lowest BCUT2D eigenvalue weighted by atomic mass is 10.2. The molecule has 0 radical (unpaired) electrons. The summed E-state index contributed by atoms with van der Waals surface area (Å²) in [5.74, 6) is 2.15. The number of oxazole rings is 1. The van der Waals surface area contributed by atoms with Crippen LogP contribution in [0.2, 0.25) is 0 Å². The summed E-state index contributed by atoms with van der Waals surface area (Å²) in [5, 5.41) is 5.77. The molecule has 1 aromatic carbocycles.